The van der Waals surface area contributed by atoms with Crippen molar-refractivity contribution in [3.8, 4) is 0 Å². The van der Waals surface area contributed by atoms with Gasteiger partial charge < -0.3 is 10.3 Å². The second kappa shape index (κ2) is 4.29. The van der Waals surface area contributed by atoms with Gasteiger partial charge in [0.25, 0.3) is 0 Å². The van der Waals surface area contributed by atoms with Gasteiger partial charge in [-0.05, 0) is 11.6 Å². The Morgan fingerprint density at radius 1 is 1.21 bits per heavy atom. The second-order valence-electron chi connectivity index (χ2n) is 5.38. The van der Waals surface area contributed by atoms with Crippen molar-refractivity contribution in [2.75, 3.05) is 20.6 Å². The van der Waals surface area contributed by atoms with E-state index in [1.165, 1.54) is 22.4 Å². The number of fused-ring (bicyclic) bond motifs is 1. The van der Waals surface area contributed by atoms with Crippen molar-refractivity contribution >= 4 is 11.3 Å². The van der Waals surface area contributed by atoms with Gasteiger partial charge in [-0.1, -0.05) is 6.07 Å². The number of rotatable bonds is 3. The molecule has 0 bridgehead atoms. The van der Waals surface area contributed by atoms with Crippen LogP contribution in [0.15, 0.2) is 37.1 Å². The number of quaternary nitrogens is 1. The highest BCUT2D eigenvalue weighted by atomic mass is 15.3. The quantitative estimate of drug-likeness (QED) is 0.840. The number of nitrogens with two attached hydrogens (primary N) is 1. The third-order valence-electron chi connectivity index (χ3n) is 3.56. The first-order chi connectivity index (χ1) is 9.10. The predicted octanol–water partition coefficient (Wildman–Crippen LogP) is 1.21. The number of aromatic nitrogens is 3. The average Bonchev–Trinajstić information content (AvgIpc) is 2.96. The molecule has 1 aromatic carbocycles. The van der Waals surface area contributed by atoms with Crippen LogP contribution in [0, 0.1) is 0 Å². The van der Waals surface area contributed by atoms with E-state index in [0.717, 1.165) is 11.0 Å². The molecule has 0 aliphatic carbocycles. The lowest BCUT2D eigenvalue weighted by Crippen LogP contribution is -2.31. The molecular weight excluding hydrogens is 238 g/mol. The SMILES string of the molecule is C[N+]1(C)C=C(CN)c2cc(Cn3cnnc3)ccc21. The van der Waals surface area contributed by atoms with Gasteiger partial charge in [-0.2, -0.15) is 0 Å². The highest BCUT2D eigenvalue weighted by Gasteiger charge is 2.30. The summed E-state index contributed by atoms with van der Waals surface area (Å²) in [6.07, 6.45) is 5.67. The van der Waals surface area contributed by atoms with E-state index in [2.05, 4.69) is 48.7 Å². The van der Waals surface area contributed by atoms with Crippen molar-refractivity contribution in [2.24, 2.45) is 5.73 Å². The third-order valence-corrected chi connectivity index (χ3v) is 3.56. The Labute approximate surface area is 112 Å². The van der Waals surface area contributed by atoms with Crippen LogP contribution in [0.4, 0.5) is 5.69 Å². The van der Waals surface area contributed by atoms with Crippen LogP contribution in [0.5, 0.6) is 0 Å². The lowest BCUT2D eigenvalue weighted by atomic mass is 10.0. The fourth-order valence-electron chi connectivity index (χ4n) is 2.65. The summed E-state index contributed by atoms with van der Waals surface area (Å²) in [7, 11) is 4.34. The van der Waals surface area contributed by atoms with E-state index in [-0.39, 0.29) is 0 Å². The van der Waals surface area contributed by atoms with Crippen molar-refractivity contribution in [1.29, 1.82) is 0 Å². The smallest absolute Gasteiger partial charge is 0.144 e. The van der Waals surface area contributed by atoms with Crippen LogP contribution in [-0.4, -0.2) is 35.4 Å². The van der Waals surface area contributed by atoms with Gasteiger partial charge in [0.05, 0.1) is 20.6 Å². The van der Waals surface area contributed by atoms with Gasteiger partial charge in [-0.25, -0.2) is 0 Å². The topological polar surface area (TPSA) is 56.7 Å². The van der Waals surface area contributed by atoms with Crippen molar-refractivity contribution < 1.29 is 0 Å². The zero-order chi connectivity index (χ0) is 13.5. The summed E-state index contributed by atoms with van der Waals surface area (Å²) in [6.45, 7) is 1.36. The molecule has 0 saturated carbocycles. The van der Waals surface area contributed by atoms with E-state index in [1.807, 2.05) is 4.57 Å². The molecule has 0 fully saturated rings. The number of benzene rings is 1. The van der Waals surface area contributed by atoms with Gasteiger partial charge in [0.2, 0.25) is 0 Å². The van der Waals surface area contributed by atoms with Crippen molar-refractivity contribution in [2.45, 2.75) is 6.54 Å². The molecule has 5 heteroatoms. The summed E-state index contributed by atoms with van der Waals surface area (Å²) < 4.78 is 2.72. The van der Waals surface area contributed by atoms with Gasteiger partial charge >= 0.3 is 0 Å². The van der Waals surface area contributed by atoms with E-state index < -0.39 is 0 Å². The van der Waals surface area contributed by atoms with Gasteiger partial charge in [-0.3, -0.25) is 4.48 Å². The summed E-state index contributed by atoms with van der Waals surface area (Å²) in [4.78, 5) is 0. The molecule has 5 nitrogen and oxygen atoms in total. The van der Waals surface area contributed by atoms with Gasteiger partial charge in [0, 0.05) is 23.7 Å². The van der Waals surface area contributed by atoms with E-state index in [4.69, 9.17) is 5.73 Å². The Hall–Kier alpha value is -1.98. The fourth-order valence-corrected chi connectivity index (χ4v) is 2.65. The normalized spacial score (nSPS) is 16.3. The van der Waals surface area contributed by atoms with Gasteiger partial charge in [0.1, 0.15) is 24.5 Å². The largest absolute Gasteiger partial charge is 0.326 e. The molecule has 0 radical (unpaired) electrons. The molecule has 2 aromatic rings. The molecule has 0 saturated heterocycles. The summed E-state index contributed by atoms with van der Waals surface area (Å²) in [5.74, 6) is 0. The van der Waals surface area contributed by atoms with Crippen molar-refractivity contribution in [3.05, 3.63) is 48.2 Å². The van der Waals surface area contributed by atoms with E-state index in [9.17, 15) is 0 Å². The van der Waals surface area contributed by atoms with Gasteiger partial charge in [-0.15, -0.1) is 10.2 Å². The van der Waals surface area contributed by atoms with Crippen LogP contribution < -0.4 is 10.2 Å². The van der Waals surface area contributed by atoms with E-state index in [1.54, 1.807) is 12.7 Å². The summed E-state index contributed by atoms with van der Waals surface area (Å²) >= 11 is 0. The van der Waals surface area contributed by atoms with Crippen LogP contribution in [0.2, 0.25) is 0 Å². The molecule has 0 unspecified atom stereocenters. The van der Waals surface area contributed by atoms with Crippen molar-refractivity contribution in [1.82, 2.24) is 19.2 Å². The second-order valence-corrected chi connectivity index (χ2v) is 5.38. The first kappa shape index (κ1) is 12.1. The highest BCUT2D eigenvalue weighted by molar-refractivity contribution is 5.83. The molecule has 3 rings (SSSR count). The summed E-state index contributed by atoms with van der Waals surface area (Å²) in [5.41, 5.74) is 10.9. The molecule has 1 aromatic heterocycles. The zero-order valence-electron chi connectivity index (χ0n) is 11.2. The number of hydrogen-bond acceptors (Lipinski definition) is 3. The molecule has 0 amide bonds. The third kappa shape index (κ3) is 2.07. The molecule has 1 aliphatic rings. The summed E-state index contributed by atoms with van der Waals surface area (Å²) in [6, 6.07) is 6.57. The predicted molar refractivity (Wildman–Crippen MR) is 76.2 cm³/mol. The first-order valence-electron chi connectivity index (χ1n) is 6.32. The zero-order valence-corrected chi connectivity index (χ0v) is 11.2. The Kier molecular flexibility index (Phi) is 2.73. The van der Waals surface area contributed by atoms with Gasteiger partial charge in [0.15, 0.2) is 0 Å². The van der Waals surface area contributed by atoms with Crippen LogP contribution >= 0.6 is 0 Å². The minimum Gasteiger partial charge on any atom is -0.326 e. The van der Waals surface area contributed by atoms with Crippen LogP contribution in [-0.2, 0) is 6.54 Å². The Bertz CT molecular complexity index is 625. The molecule has 19 heavy (non-hydrogen) atoms. The maximum Gasteiger partial charge on any atom is 0.144 e. The van der Waals surface area contributed by atoms with E-state index in [0.29, 0.717) is 6.54 Å². The molecule has 2 N–H and O–H groups in total. The molecule has 0 atom stereocenters. The highest BCUT2D eigenvalue weighted by Crippen LogP contribution is 2.37. The molecular formula is C14H18N5+. The lowest BCUT2D eigenvalue weighted by molar-refractivity contribution is 0.550. The minimum absolute atomic E-state index is 0.574. The molecule has 2 heterocycles. The standard InChI is InChI=1S/C14H18N5/c1-19(2)8-12(6-15)13-5-11(3-4-14(13)19)7-18-9-16-17-10-18/h3-5,8-10H,6-7,15H2,1-2H3/q+1. The molecule has 0 spiro atoms. The maximum atomic E-state index is 5.85. The van der Waals surface area contributed by atoms with Crippen molar-refractivity contribution in [3.63, 3.8) is 0 Å². The first-order valence-corrected chi connectivity index (χ1v) is 6.32. The average molecular weight is 256 g/mol. The molecule has 1 aliphatic heterocycles. The molecule has 98 valence electrons. The Balaban J connectivity index is 1.98. The van der Waals surface area contributed by atoms with Crippen LogP contribution in [0.25, 0.3) is 5.57 Å². The van der Waals surface area contributed by atoms with Crippen LogP contribution in [0.3, 0.4) is 0 Å². The summed E-state index contributed by atoms with van der Waals surface area (Å²) in [5, 5.41) is 7.65. The Morgan fingerprint density at radius 3 is 2.63 bits per heavy atom. The number of hydrogen-bond donors (Lipinski definition) is 1. The minimum atomic E-state index is 0.574. The Morgan fingerprint density at radius 2 is 1.95 bits per heavy atom. The fraction of sp³-hybridized carbons (Fsp3) is 0.286. The monoisotopic (exact) mass is 256 g/mol. The van der Waals surface area contributed by atoms with Crippen LogP contribution in [0.1, 0.15) is 11.1 Å². The van der Waals surface area contributed by atoms with E-state index >= 15 is 0 Å². The number of nitrogens with zero attached hydrogens (tertiary/aromatic N) is 4. The maximum absolute atomic E-state index is 5.85. The lowest BCUT2D eigenvalue weighted by Gasteiger charge is -2.21.